The fourth-order valence-corrected chi connectivity index (χ4v) is 3.96. The summed E-state index contributed by atoms with van der Waals surface area (Å²) >= 11 is 0. The Labute approximate surface area is 198 Å². The van der Waals surface area contributed by atoms with E-state index in [1.165, 1.54) is 20.8 Å². The van der Waals surface area contributed by atoms with Crippen LogP contribution in [0.1, 0.15) is 47.5 Å². The van der Waals surface area contributed by atoms with Gasteiger partial charge in [0.25, 0.3) is 0 Å². The third kappa shape index (κ3) is 6.01. The molecule has 0 spiro atoms. The fourth-order valence-electron chi connectivity index (χ4n) is 3.96. The molecule has 1 unspecified atom stereocenters. The molecular weight excluding hydrogens is 450 g/mol. The van der Waals surface area contributed by atoms with Crippen molar-refractivity contribution in [3.05, 3.63) is 11.6 Å². The molecule has 0 radical (unpaired) electrons. The van der Waals surface area contributed by atoms with Crippen molar-refractivity contribution in [2.75, 3.05) is 26.7 Å². The number of cyclic esters (lactones) is 1. The van der Waals surface area contributed by atoms with E-state index in [0.717, 1.165) is 13.8 Å². The molecule has 5 atom stereocenters. The molecule has 2 rings (SSSR count). The number of hydrogen-bond donors (Lipinski definition) is 1. The van der Waals surface area contributed by atoms with Gasteiger partial charge in [-0.25, -0.2) is 9.59 Å². The van der Waals surface area contributed by atoms with Gasteiger partial charge in [-0.1, -0.05) is 13.0 Å². The average molecular weight is 484 g/mol. The van der Waals surface area contributed by atoms with Gasteiger partial charge in [0.05, 0.1) is 0 Å². The van der Waals surface area contributed by atoms with Crippen LogP contribution in [-0.2, 0) is 42.9 Å². The Hall–Kier alpha value is -2.79. The van der Waals surface area contributed by atoms with Gasteiger partial charge in [0, 0.05) is 44.8 Å². The summed E-state index contributed by atoms with van der Waals surface area (Å²) in [5.74, 6) is -5.25. The molecule has 2 aliphatic rings. The molecule has 190 valence electrons. The SMILES string of the molecule is CC(=O)OC(C)[C@]1(O)C[C@H](C)[C@](C)(OC(C)=O)C(=O)OC/C2=C/CN(C)CC[C@H](OC1=O)C2=O. The number of nitrogens with zero attached hydrogens (tertiary/aromatic N) is 1. The number of ketones is 1. The van der Waals surface area contributed by atoms with Crippen LogP contribution in [0.2, 0.25) is 0 Å². The minimum absolute atomic E-state index is 0.104. The molecule has 11 nitrogen and oxygen atoms in total. The number of Topliss-reactive ketones (excluding diaryl/α,β-unsaturated/α-hetero) is 1. The molecule has 2 bridgehead atoms. The normalized spacial score (nSPS) is 34.0. The van der Waals surface area contributed by atoms with Crippen molar-refractivity contribution in [2.45, 2.75) is 70.9 Å². The van der Waals surface area contributed by atoms with Crippen LogP contribution in [0.3, 0.4) is 0 Å². The number of carbonyl (C=O) groups is 5. The molecule has 2 heterocycles. The van der Waals surface area contributed by atoms with Crippen LogP contribution in [0, 0.1) is 5.92 Å². The highest BCUT2D eigenvalue weighted by molar-refractivity contribution is 6.01. The molecular formula is C23H33NO10. The Kier molecular flexibility index (Phi) is 8.59. The minimum atomic E-state index is -2.45. The first-order valence-electron chi connectivity index (χ1n) is 11.1. The second-order valence-corrected chi connectivity index (χ2v) is 9.10. The van der Waals surface area contributed by atoms with Gasteiger partial charge in [-0.2, -0.15) is 0 Å². The third-order valence-corrected chi connectivity index (χ3v) is 6.33. The summed E-state index contributed by atoms with van der Waals surface area (Å²) in [6.45, 7) is 6.68. The van der Waals surface area contributed by atoms with E-state index in [-0.39, 0.29) is 12.0 Å². The lowest BCUT2D eigenvalue weighted by atomic mass is 9.78. The zero-order valence-corrected chi connectivity index (χ0v) is 20.4. The molecule has 0 aromatic rings. The van der Waals surface area contributed by atoms with Crippen LogP contribution >= 0.6 is 0 Å². The number of hydrogen-bond acceptors (Lipinski definition) is 11. The van der Waals surface area contributed by atoms with Gasteiger partial charge in [0.1, 0.15) is 12.7 Å². The number of esters is 4. The van der Waals surface area contributed by atoms with Crippen LogP contribution in [-0.4, -0.2) is 89.8 Å². The predicted molar refractivity (Wildman–Crippen MR) is 116 cm³/mol. The van der Waals surface area contributed by atoms with Crippen molar-refractivity contribution in [1.82, 2.24) is 4.90 Å². The lowest BCUT2D eigenvalue weighted by molar-refractivity contribution is -0.203. The van der Waals surface area contributed by atoms with Gasteiger partial charge in [0.15, 0.2) is 11.7 Å². The topological polar surface area (TPSA) is 146 Å². The summed E-state index contributed by atoms with van der Waals surface area (Å²) in [4.78, 5) is 64.8. The molecule has 1 fully saturated rings. The summed E-state index contributed by atoms with van der Waals surface area (Å²) in [6, 6.07) is 0. The Balaban J connectivity index is 2.61. The second kappa shape index (κ2) is 10.6. The van der Waals surface area contributed by atoms with Crippen molar-refractivity contribution < 1.29 is 48.0 Å². The standard InChI is InChI=1S/C23H33NO10/c1-13-11-23(30,14(2)32-15(3)25)21(29)33-18-8-10-24(6)9-7-17(19(18)27)12-31-20(28)22(13,5)34-16(4)26/h7,13-14,18,30H,8-12H2,1-6H3/b17-7-/t13-,14?,18-,22-,23+/m0/s1. The quantitative estimate of drug-likeness (QED) is 0.437. The van der Waals surface area contributed by atoms with Crippen molar-refractivity contribution in [2.24, 2.45) is 5.92 Å². The monoisotopic (exact) mass is 483 g/mol. The molecule has 2 aliphatic heterocycles. The lowest BCUT2D eigenvalue weighted by Crippen LogP contribution is -2.57. The van der Waals surface area contributed by atoms with E-state index in [0.29, 0.717) is 13.1 Å². The van der Waals surface area contributed by atoms with Gasteiger partial charge in [0.2, 0.25) is 11.4 Å². The highest BCUT2D eigenvalue weighted by Gasteiger charge is 2.54. The zero-order chi connectivity index (χ0) is 25.8. The van der Waals surface area contributed by atoms with Crippen molar-refractivity contribution >= 4 is 29.7 Å². The smallest absolute Gasteiger partial charge is 0.350 e. The second-order valence-electron chi connectivity index (χ2n) is 9.10. The maximum atomic E-state index is 13.3. The largest absolute Gasteiger partial charge is 0.459 e. The highest BCUT2D eigenvalue weighted by Crippen LogP contribution is 2.35. The predicted octanol–water partition coefficient (Wildman–Crippen LogP) is 0.317. The van der Waals surface area contributed by atoms with E-state index >= 15 is 0 Å². The van der Waals surface area contributed by atoms with Crippen LogP contribution in [0.15, 0.2) is 11.6 Å². The number of carbonyl (C=O) groups excluding carboxylic acids is 5. The van der Waals surface area contributed by atoms with E-state index in [9.17, 15) is 29.1 Å². The number of likely N-dealkylation sites (N-methyl/N-ethyl adjacent to an activating group) is 1. The van der Waals surface area contributed by atoms with E-state index in [4.69, 9.17) is 18.9 Å². The summed E-state index contributed by atoms with van der Waals surface area (Å²) in [5, 5.41) is 11.4. The van der Waals surface area contributed by atoms with Gasteiger partial charge in [-0.3, -0.25) is 14.4 Å². The fraction of sp³-hybridized carbons (Fsp3) is 0.696. The zero-order valence-electron chi connectivity index (χ0n) is 20.4. The van der Waals surface area contributed by atoms with E-state index < -0.39 is 72.0 Å². The Morgan fingerprint density at radius 1 is 1.21 bits per heavy atom. The van der Waals surface area contributed by atoms with Crippen molar-refractivity contribution in [3.8, 4) is 0 Å². The van der Waals surface area contributed by atoms with Crippen LogP contribution in [0.5, 0.6) is 0 Å². The molecule has 1 N–H and O–H groups in total. The number of fused-ring (bicyclic) bond motifs is 2. The number of rotatable bonds is 3. The van der Waals surface area contributed by atoms with Crippen LogP contribution in [0.25, 0.3) is 0 Å². The molecule has 0 aromatic carbocycles. The molecule has 0 saturated carbocycles. The molecule has 1 saturated heterocycles. The summed E-state index contributed by atoms with van der Waals surface area (Å²) in [5.41, 5.74) is -4.27. The maximum absolute atomic E-state index is 13.3. The lowest BCUT2D eigenvalue weighted by Gasteiger charge is -2.39. The first-order valence-corrected chi connectivity index (χ1v) is 11.1. The van der Waals surface area contributed by atoms with Crippen LogP contribution < -0.4 is 0 Å². The van der Waals surface area contributed by atoms with E-state index in [1.54, 1.807) is 13.1 Å². The minimum Gasteiger partial charge on any atom is -0.459 e. The Bertz CT molecular complexity index is 883. The summed E-state index contributed by atoms with van der Waals surface area (Å²) in [7, 11) is 1.80. The van der Waals surface area contributed by atoms with Crippen LogP contribution in [0.4, 0.5) is 0 Å². The molecule has 0 aromatic heterocycles. The van der Waals surface area contributed by atoms with Crippen molar-refractivity contribution in [1.29, 1.82) is 0 Å². The molecule has 0 aliphatic carbocycles. The summed E-state index contributed by atoms with van der Waals surface area (Å²) in [6.07, 6.45) is -1.43. The van der Waals surface area contributed by atoms with E-state index in [2.05, 4.69) is 0 Å². The van der Waals surface area contributed by atoms with Crippen molar-refractivity contribution in [3.63, 3.8) is 0 Å². The molecule has 11 heteroatoms. The van der Waals surface area contributed by atoms with Gasteiger partial charge >= 0.3 is 23.9 Å². The van der Waals surface area contributed by atoms with Gasteiger partial charge in [-0.15, -0.1) is 0 Å². The average Bonchev–Trinajstić information content (AvgIpc) is 2.72. The van der Waals surface area contributed by atoms with Gasteiger partial charge in [-0.05, 0) is 27.3 Å². The van der Waals surface area contributed by atoms with E-state index in [1.807, 2.05) is 4.90 Å². The number of aliphatic hydroxyl groups is 1. The molecule has 34 heavy (non-hydrogen) atoms. The first-order chi connectivity index (χ1) is 15.7. The highest BCUT2D eigenvalue weighted by atomic mass is 16.6. The Morgan fingerprint density at radius 3 is 2.44 bits per heavy atom. The maximum Gasteiger partial charge on any atom is 0.350 e. The summed E-state index contributed by atoms with van der Waals surface area (Å²) < 4.78 is 21.2. The van der Waals surface area contributed by atoms with Gasteiger partial charge < -0.3 is 29.0 Å². The molecule has 0 amide bonds. The third-order valence-electron chi connectivity index (χ3n) is 6.33. The first kappa shape index (κ1) is 27.5. The Morgan fingerprint density at radius 2 is 1.85 bits per heavy atom. The number of ether oxygens (including phenoxy) is 4.